The van der Waals surface area contributed by atoms with Gasteiger partial charge in [0.05, 0.1) is 9.83 Å². The smallest absolute Gasteiger partial charge is 0.220 e. The van der Waals surface area contributed by atoms with Crippen LogP contribution in [0.25, 0.3) is 0 Å². The van der Waals surface area contributed by atoms with Gasteiger partial charge in [-0.2, -0.15) is 0 Å². The summed E-state index contributed by atoms with van der Waals surface area (Å²) in [6, 6.07) is 4.20. The van der Waals surface area contributed by atoms with Crippen LogP contribution in [0, 0.1) is 52.3 Å². The van der Waals surface area contributed by atoms with Crippen LogP contribution in [0.2, 0.25) is 0 Å². The highest BCUT2D eigenvalue weighted by Crippen LogP contribution is 2.67. The number of nitrogens with one attached hydrogen (secondary N) is 1. The summed E-state index contributed by atoms with van der Waals surface area (Å²) in [6.07, 6.45) is 7.91. The number of Topliss-reactive ketones (excluding diaryl/α,β-unsaturated/α-hetero) is 2. The van der Waals surface area contributed by atoms with Crippen molar-refractivity contribution in [1.29, 1.82) is 0 Å². The summed E-state index contributed by atoms with van der Waals surface area (Å²) in [6.45, 7) is 11.4. The van der Waals surface area contributed by atoms with Gasteiger partial charge < -0.3 is 5.32 Å². The van der Waals surface area contributed by atoms with Crippen molar-refractivity contribution in [2.75, 3.05) is 0 Å². The topological polar surface area (TPSA) is 63.2 Å². The van der Waals surface area contributed by atoms with Crippen molar-refractivity contribution in [2.45, 2.75) is 98.4 Å². The molecule has 5 rings (SSSR count). The van der Waals surface area contributed by atoms with Crippen molar-refractivity contribution in [2.24, 2.45) is 52.3 Å². The fourth-order valence-corrected chi connectivity index (χ4v) is 11.1. The van der Waals surface area contributed by atoms with Gasteiger partial charge in [0.15, 0.2) is 0 Å². The molecule has 1 N–H and O–H groups in total. The minimum Gasteiger partial charge on any atom is -0.348 e. The van der Waals surface area contributed by atoms with Crippen LogP contribution in [0.15, 0.2) is 15.9 Å². The second-order valence-electron chi connectivity index (χ2n) is 13.7. The SMILES string of the molecule is CC(C)C(NC(=O)C[C@@H](C)[C@H]1CC[C@H]2[C@@H]3C(=O)C[C@@H]4CC(=O)CC[C@]4(C)[C@H]3CC[C@]12C)c1ccc(Br)s1. The van der Waals surface area contributed by atoms with E-state index >= 15 is 0 Å². The zero-order valence-electron chi connectivity index (χ0n) is 23.1. The number of hydrogen-bond acceptors (Lipinski definition) is 4. The van der Waals surface area contributed by atoms with E-state index in [9.17, 15) is 14.4 Å². The summed E-state index contributed by atoms with van der Waals surface area (Å²) in [4.78, 5) is 40.3. The lowest BCUT2D eigenvalue weighted by Crippen LogP contribution is -2.57. The fraction of sp³-hybridized carbons (Fsp3) is 0.774. The summed E-state index contributed by atoms with van der Waals surface area (Å²) < 4.78 is 1.09. The largest absolute Gasteiger partial charge is 0.348 e. The Morgan fingerprint density at radius 2 is 1.78 bits per heavy atom. The van der Waals surface area contributed by atoms with Crippen LogP contribution in [-0.4, -0.2) is 17.5 Å². The predicted octanol–water partition coefficient (Wildman–Crippen LogP) is 7.76. The average molecular weight is 591 g/mol. The second-order valence-corrected chi connectivity index (χ2v) is 16.2. The van der Waals surface area contributed by atoms with Crippen molar-refractivity contribution in [3.05, 3.63) is 20.8 Å². The molecule has 0 saturated heterocycles. The van der Waals surface area contributed by atoms with Gasteiger partial charge in [0.25, 0.3) is 0 Å². The van der Waals surface area contributed by atoms with Crippen LogP contribution in [0.1, 0.15) is 103 Å². The normalized spacial score (nSPS) is 39.1. The van der Waals surface area contributed by atoms with Crippen molar-refractivity contribution in [3.63, 3.8) is 0 Å². The van der Waals surface area contributed by atoms with E-state index in [1.165, 1.54) is 4.88 Å². The predicted molar refractivity (Wildman–Crippen MR) is 152 cm³/mol. The Balaban J connectivity index is 1.28. The maximum absolute atomic E-state index is 13.6. The average Bonchev–Trinajstić information content (AvgIpc) is 3.41. The van der Waals surface area contributed by atoms with Gasteiger partial charge in [-0.3, -0.25) is 14.4 Å². The van der Waals surface area contributed by atoms with Crippen LogP contribution in [0.5, 0.6) is 0 Å². The van der Waals surface area contributed by atoms with Crippen molar-refractivity contribution >= 4 is 44.7 Å². The second kappa shape index (κ2) is 10.2. The summed E-state index contributed by atoms with van der Waals surface area (Å²) in [7, 11) is 0. The number of hydrogen-bond donors (Lipinski definition) is 1. The van der Waals surface area contributed by atoms with E-state index in [1.54, 1.807) is 11.3 Å². The van der Waals surface area contributed by atoms with Gasteiger partial charge in [-0.05, 0) is 107 Å². The molecule has 6 heteroatoms. The first-order valence-electron chi connectivity index (χ1n) is 14.5. The van der Waals surface area contributed by atoms with E-state index in [0.717, 1.165) is 35.9 Å². The Morgan fingerprint density at radius 1 is 1.05 bits per heavy atom. The third-order valence-corrected chi connectivity index (χ3v) is 13.1. The zero-order valence-corrected chi connectivity index (χ0v) is 25.6. The Hall–Kier alpha value is -1.01. The van der Waals surface area contributed by atoms with E-state index in [0.29, 0.717) is 66.8 Å². The standard InChI is InChI=1S/C31H44BrNO3S/c1-17(2)29(25-8-9-26(32)37-25)33-27(36)14-18(3)21-6-7-22-28-23(11-13-31(21,22)5)30(4)12-10-20(34)15-19(30)16-24(28)35/h8-9,17-19,21-23,28-29H,6-7,10-16H2,1-5H3,(H,33,36)/t18-,19+,21-,22+,23+,28+,29?,30+,31-/m1/s1. The van der Waals surface area contributed by atoms with Gasteiger partial charge in [0.2, 0.25) is 5.91 Å². The molecular weight excluding hydrogens is 546 g/mol. The molecule has 0 aliphatic heterocycles. The van der Waals surface area contributed by atoms with E-state index in [1.807, 2.05) is 0 Å². The molecule has 1 aromatic heterocycles. The summed E-state index contributed by atoms with van der Waals surface area (Å²) in [5.74, 6) is 3.30. The zero-order chi connectivity index (χ0) is 26.7. The first-order valence-corrected chi connectivity index (χ1v) is 16.1. The number of rotatable bonds is 6. The molecule has 4 fully saturated rings. The molecule has 4 aliphatic rings. The summed E-state index contributed by atoms with van der Waals surface area (Å²) in [5.41, 5.74) is 0.264. The van der Waals surface area contributed by atoms with Gasteiger partial charge in [0.1, 0.15) is 11.6 Å². The lowest BCUT2D eigenvalue weighted by Gasteiger charge is -2.59. The van der Waals surface area contributed by atoms with Crippen LogP contribution in [0.4, 0.5) is 0 Å². The Labute approximate surface area is 235 Å². The molecule has 1 aromatic rings. The minimum absolute atomic E-state index is 0.0364. The Bertz CT molecular complexity index is 1070. The summed E-state index contributed by atoms with van der Waals surface area (Å²) >= 11 is 5.25. The van der Waals surface area contributed by atoms with Crippen LogP contribution < -0.4 is 5.32 Å². The van der Waals surface area contributed by atoms with Crippen molar-refractivity contribution < 1.29 is 14.4 Å². The third-order valence-electron chi connectivity index (χ3n) is 11.4. The number of amides is 1. The van der Waals surface area contributed by atoms with Gasteiger partial charge in [-0.15, -0.1) is 11.3 Å². The van der Waals surface area contributed by atoms with Crippen LogP contribution in [-0.2, 0) is 14.4 Å². The molecule has 37 heavy (non-hydrogen) atoms. The molecule has 1 unspecified atom stereocenters. The monoisotopic (exact) mass is 589 g/mol. The van der Waals surface area contributed by atoms with Crippen molar-refractivity contribution in [1.82, 2.24) is 5.32 Å². The molecule has 0 spiro atoms. The Morgan fingerprint density at radius 3 is 2.46 bits per heavy atom. The highest BCUT2D eigenvalue weighted by Gasteiger charge is 2.63. The van der Waals surface area contributed by atoms with E-state index in [4.69, 9.17) is 0 Å². The highest BCUT2D eigenvalue weighted by molar-refractivity contribution is 9.11. The number of fused-ring (bicyclic) bond motifs is 5. The molecule has 0 aromatic carbocycles. The lowest BCUT2D eigenvalue weighted by molar-refractivity contribution is -0.159. The molecular formula is C31H44BrNO3S. The van der Waals surface area contributed by atoms with E-state index < -0.39 is 0 Å². The molecule has 0 bridgehead atoms. The quantitative estimate of drug-likeness (QED) is 0.368. The Kier molecular flexibility index (Phi) is 7.59. The number of thiophene rings is 1. The molecule has 4 nitrogen and oxygen atoms in total. The number of ketones is 2. The molecule has 1 heterocycles. The van der Waals surface area contributed by atoms with E-state index in [-0.39, 0.29) is 34.6 Å². The molecule has 9 atom stereocenters. The van der Waals surface area contributed by atoms with Gasteiger partial charge in [0, 0.05) is 36.5 Å². The molecule has 4 aliphatic carbocycles. The first kappa shape index (κ1) is 27.6. The van der Waals surface area contributed by atoms with Gasteiger partial charge in [-0.25, -0.2) is 0 Å². The van der Waals surface area contributed by atoms with Gasteiger partial charge >= 0.3 is 0 Å². The minimum atomic E-state index is 0.0364. The van der Waals surface area contributed by atoms with E-state index in [2.05, 4.69) is 68.0 Å². The van der Waals surface area contributed by atoms with Crippen LogP contribution in [0.3, 0.4) is 0 Å². The lowest BCUT2D eigenvalue weighted by atomic mass is 9.44. The van der Waals surface area contributed by atoms with Crippen LogP contribution >= 0.6 is 27.3 Å². The summed E-state index contributed by atoms with van der Waals surface area (Å²) in [5, 5.41) is 3.35. The molecule has 204 valence electrons. The molecule has 1 amide bonds. The molecule has 0 radical (unpaired) electrons. The maximum atomic E-state index is 13.6. The van der Waals surface area contributed by atoms with Crippen molar-refractivity contribution in [3.8, 4) is 0 Å². The third kappa shape index (κ3) is 4.81. The molecule has 4 saturated carbocycles. The maximum Gasteiger partial charge on any atom is 0.220 e. The number of carbonyl (C=O) groups is 3. The first-order chi connectivity index (χ1) is 17.4. The number of halogens is 1. The van der Waals surface area contributed by atoms with Gasteiger partial charge in [-0.1, -0.05) is 34.6 Å². The fourth-order valence-electron chi connectivity index (χ4n) is 9.43. The number of carbonyl (C=O) groups excluding carboxylic acids is 3. The highest BCUT2D eigenvalue weighted by atomic mass is 79.9.